The summed E-state index contributed by atoms with van der Waals surface area (Å²) in [7, 11) is -6.85. The van der Waals surface area contributed by atoms with Crippen molar-refractivity contribution in [3.05, 3.63) is 0 Å². The summed E-state index contributed by atoms with van der Waals surface area (Å²) in [6, 6.07) is 0. The van der Waals surface area contributed by atoms with E-state index in [1.165, 1.54) is 0 Å². The highest BCUT2D eigenvalue weighted by atomic mass is 32.2. The molecule has 0 aliphatic rings. The molecule has 148 valence electrons. The fourth-order valence-electron chi connectivity index (χ4n) is 1.10. The van der Waals surface area contributed by atoms with Crippen molar-refractivity contribution in [1.29, 1.82) is 0 Å². The van der Waals surface area contributed by atoms with Gasteiger partial charge in [0.2, 0.25) is 0 Å². The van der Waals surface area contributed by atoms with Gasteiger partial charge in [-0.25, -0.2) is 13.2 Å². The second-order valence-corrected chi connectivity index (χ2v) is 6.33. The van der Waals surface area contributed by atoms with Crippen LogP contribution in [0.1, 0.15) is 6.92 Å². The van der Waals surface area contributed by atoms with Crippen molar-refractivity contribution >= 4 is 22.1 Å². The molecular formula is C10H12F5O9S-. The van der Waals surface area contributed by atoms with Crippen LogP contribution < -0.4 is 0 Å². The van der Waals surface area contributed by atoms with E-state index in [9.17, 15) is 44.5 Å². The van der Waals surface area contributed by atoms with Gasteiger partial charge in [-0.05, 0) is 6.92 Å². The molecule has 0 aliphatic heterocycles. The van der Waals surface area contributed by atoms with Gasteiger partial charge in [0, 0.05) is 0 Å². The van der Waals surface area contributed by atoms with Crippen molar-refractivity contribution < 1.29 is 64.2 Å². The predicted molar refractivity (Wildman–Crippen MR) is 63.8 cm³/mol. The number of halogens is 5. The Bertz CT molecular complexity index is 596. The van der Waals surface area contributed by atoms with E-state index in [1.807, 2.05) is 0 Å². The zero-order valence-electron chi connectivity index (χ0n) is 12.2. The number of carbonyl (C=O) groups excluding carboxylic acids is 2. The van der Waals surface area contributed by atoms with E-state index >= 15 is 0 Å². The van der Waals surface area contributed by atoms with E-state index in [4.69, 9.17) is 10.2 Å². The lowest BCUT2D eigenvalue weighted by molar-refractivity contribution is -0.260. The van der Waals surface area contributed by atoms with E-state index in [0.717, 1.165) is 6.92 Å². The highest BCUT2D eigenvalue weighted by Crippen LogP contribution is 2.38. The molecule has 0 aliphatic carbocycles. The van der Waals surface area contributed by atoms with E-state index < -0.39 is 64.8 Å². The molecular weight excluding hydrogens is 391 g/mol. The molecule has 1 unspecified atom stereocenters. The second-order valence-electron chi connectivity index (χ2n) is 4.88. The molecule has 0 spiro atoms. The van der Waals surface area contributed by atoms with Crippen molar-refractivity contribution in [2.75, 3.05) is 19.8 Å². The lowest BCUT2D eigenvalue weighted by Gasteiger charge is -2.29. The molecule has 0 rings (SSSR count). The average molecular weight is 403 g/mol. The Labute approximate surface area is 137 Å². The van der Waals surface area contributed by atoms with Crippen LogP contribution in [0.5, 0.6) is 0 Å². The Morgan fingerprint density at radius 1 is 1.12 bits per heavy atom. The largest absolute Gasteiger partial charge is 0.743 e. The van der Waals surface area contributed by atoms with E-state index in [2.05, 4.69) is 9.47 Å². The smallest absolute Gasteiger partial charge is 0.432 e. The highest BCUT2D eigenvalue weighted by molar-refractivity contribution is 7.86. The quantitative estimate of drug-likeness (QED) is 0.299. The Hall–Kier alpha value is -1.58. The maximum atomic E-state index is 13.1. The van der Waals surface area contributed by atoms with Gasteiger partial charge < -0.3 is 24.2 Å². The molecule has 9 nitrogen and oxygen atoms in total. The first-order chi connectivity index (χ1) is 11.0. The van der Waals surface area contributed by atoms with Crippen LogP contribution in [0.3, 0.4) is 0 Å². The van der Waals surface area contributed by atoms with Crippen molar-refractivity contribution in [3.63, 3.8) is 0 Å². The van der Waals surface area contributed by atoms with Crippen LogP contribution >= 0.6 is 0 Å². The van der Waals surface area contributed by atoms with Crippen molar-refractivity contribution in [2.24, 2.45) is 5.41 Å². The first kappa shape index (κ1) is 23.4. The van der Waals surface area contributed by atoms with Gasteiger partial charge in [0.25, 0.3) is 6.10 Å². The zero-order valence-corrected chi connectivity index (χ0v) is 13.1. The zero-order chi connectivity index (χ0) is 20.3. The van der Waals surface area contributed by atoms with Gasteiger partial charge in [-0.2, -0.15) is 22.0 Å². The highest BCUT2D eigenvalue weighted by Gasteiger charge is 2.63. The molecule has 0 saturated heterocycles. The number of rotatable bonds is 8. The molecule has 25 heavy (non-hydrogen) atoms. The van der Waals surface area contributed by atoms with Gasteiger partial charge in [0.05, 0.1) is 13.2 Å². The summed E-state index contributed by atoms with van der Waals surface area (Å²) in [5, 5.41) is 11.7. The van der Waals surface area contributed by atoms with E-state index in [-0.39, 0.29) is 0 Å². The van der Waals surface area contributed by atoms with Crippen molar-refractivity contribution in [3.8, 4) is 0 Å². The Morgan fingerprint density at radius 3 is 1.88 bits per heavy atom. The lowest BCUT2D eigenvalue weighted by Crippen LogP contribution is -2.52. The van der Waals surface area contributed by atoms with Crippen LogP contribution in [0.4, 0.5) is 22.0 Å². The first-order valence-corrected chi connectivity index (χ1v) is 7.42. The van der Waals surface area contributed by atoms with Crippen molar-refractivity contribution in [2.45, 2.75) is 24.5 Å². The summed E-state index contributed by atoms with van der Waals surface area (Å²) in [5.74, 6) is -3.74. The third-order valence-electron chi connectivity index (χ3n) is 2.70. The Balaban J connectivity index is 5.19. The van der Waals surface area contributed by atoms with Gasteiger partial charge in [0.1, 0.15) is 5.41 Å². The minimum Gasteiger partial charge on any atom is -0.743 e. The molecule has 0 aromatic carbocycles. The molecule has 0 fully saturated rings. The second kappa shape index (κ2) is 7.76. The summed E-state index contributed by atoms with van der Waals surface area (Å²) < 4.78 is 102. The van der Waals surface area contributed by atoms with Crippen LogP contribution in [0.15, 0.2) is 0 Å². The number of carbonyl (C=O) groups is 2. The summed E-state index contributed by atoms with van der Waals surface area (Å²) in [5.41, 5.74) is -1.95. The Kier molecular flexibility index (Phi) is 7.27. The van der Waals surface area contributed by atoms with Crippen LogP contribution in [-0.4, -0.2) is 72.5 Å². The van der Waals surface area contributed by atoms with Crippen molar-refractivity contribution in [1.82, 2.24) is 0 Å². The third kappa shape index (κ3) is 5.72. The maximum absolute atomic E-state index is 13.1. The molecule has 2 N–H and O–H groups in total. The van der Waals surface area contributed by atoms with Gasteiger partial charge in [-0.3, -0.25) is 4.79 Å². The molecule has 0 amide bonds. The number of hydrogen-bond donors (Lipinski definition) is 2. The van der Waals surface area contributed by atoms with Gasteiger partial charge in [-0.15, -0.1) is 0 Å². The first-order valence-electron chi connectivity index (χ1n) is 6.01. The summed E-state index contributed by atoms with van der Waals surface area (Å²) >= 11 is 0. The number of hydrogen-bond acceptors (Lipinski definition) is 9. The molecule has 15 heteroatoms. The van der Waals surface area contributed by atoms with Crippen LogP contribution in [0.25, 0.3) is 0 Å². The molecule has 0 saturated carbocycles. The third-order valence-corrected chi connectivity index (χ3v) is 3.58. The molecule has 0 aromatic rings. The summed E-state index contributed by atoms with van der Waals surface area (Å²) in [6.07, 6.45) is -10.8. The lowest BCUT2D eigenvalue weighted by atomic mass is 9.93. The number of aliphatic hydroxyl groups is 2. The molecule has 1 atom stereocenters. The van der Waals surface area contributed by atoms with E-state index in [0.29, 0.717) is 0 Å². The Morgan fingerprint density at radius 2 is 1.56 bits per heavy atom. The summed E-state index contributed by atoms with van der Waals surface area (Å²) in [6.45, 7) is -2.72. The average Bonchev–Trinajstić information content (AvgIpc) is 2.46. The normalized spacial score (nSPS) is 14.8. The molecule has 0 aromatic heterocycles. The topological polar surface area (TPSA) is 150 Å². The number of ether oxygens (including phenoxy) is 2. The number of alkyl halides is 5. The fraction of sp³-hybridized carbons (Fsp3) is 0.800. The number of esters is 2. The van der Waals surface area contributed by atoms with Gasteiger partial charge in [-0.1, -0.05) is 0 Å². The monoisotopic (exact) mass is 403 g/mol. The fourth-order valence-corrected chi connectivity index (χ4v) is 1.54. The molecule has 0 heterocycles. The minimum atomic E-state index is -6.85. The summed E-state index contributed by atoms with van der Waals surface area (Å²) in [4.78, 5) is 22.5. The molecule has 0 radical (unpaired) electrons. The maximum Gasteiger partial charge on any atom is 0.432 e. The minimum absolute atomic E-state index is 0.942. The van der Waals surface area contributed by atoms with Crippen LogP contribution in [0.2, 0.25) is 0 Å². The van der Waals surface area contributed by atoms with Crippen LogP contribution in [-0.2, 0) is 29.2 Å². The standard InChI is InChI=1S/C10H13F5O9S/c1-8(3-16,4-17)7(19)23-2-5(18)24-6(9(11,12)13)10(14,15)25(20,21)22/h6,16-17H,2-4H2,1H3,(H,20,21,22)/p-1. The predicted octanol–water partition coefficient (Wildman–Crippen LogP) is -0.867. The molecule has 0 bridgehead atoms. The van der Waals surface area contributed by atoms with Crippen LogP contribution in [0, 0.1) is 5.41 Å². The number of aliphatic hydroxyl groups excluding tert-OH is 2. The van der Waals surface area contributed by atoms with Gasteiger partial charge in [0.15, 0.2) is 16.7 Å². The SMILES string of the molecule is CC(CO)(CO)C(=O)OCC(=O)OC(C(F)(F)F)C(F)(F)S(=O)(=O)[O-]. The van der Waals surface area contributed by atoms with Gasteiger partial charge >= 0.3 is 23.4 Å². The van der Waals surface area contributed by atoms with E-state index in [1.54, 1.807) is 0 Å².